The molecule has 0 N–H and O–H groups in total. The number of thiocarbonyl (C=S) groups is 1. The minimum Gasteiger partial charge on any atom is -0.263 e. The number of aryl methyl sites for hydroxylation is 1. The van der Waals surface area contributed by atoms with Crippen LogP contribution in [-0.4, -0.2) is 15.8 Å². The van der Waals surface area contributed by atoms with Crippen LogP contribution >= 0.6 is 12.2 Å². The number of rotatable bonds is 2. The van der Waals surface area contributed by atoms with Crippen molar-refractivity contribution < 1.29 is 4.92 Å². The fourth-order valence-corrected chi connectivity index (χ4v) is 2.24. The van der Waals surface area contributed by atoms with Gasteiger partial charge in [-0.1, -0.05) is 54.2 Å². The molecule has 1 aromatic carbocycles. The van der Waals surface area contributed by atoms with Gasteiger partial charge in [0.05, 0.1) is 4.86 Å². The number of allylic oxidation sites excluding steroid dienone is 2. The lowest BCUT2D eigenvalue weighted by molar-refractivity contribution is -0.486. The van der Waals surface area contributed by atoms with Crippen molar-refractivity contribution in [3.63, 3.8) is 0 Å². The lowest BCUT2D eigenvalue weighted by Crippen LogP contribution is -2.32. The molecule has 0 aliphatic heterocycles. The van der Waals surface area contributed by atoms with Gasteiger partial charge in [-0.25, -0.2) is 0 Å². The minimum atomic E-state index is -0.910. The smallest absolute Gasteiger partial charge is 0.263 e. The van der Waals surface area contributed by atoms with Crippen molar-refractivity contribution in [1.82, 2.24) is 0 Å². The topological polar surface area (TPSA) is 43.1 Å². The standard InChI is InChI=1S/C14H13NO2S/c1-9-3-6-11(7-4-9)12-8-5-10(2)14(18)13(12)15(16)17/h3-8,13H,1-2H3. The largest absolute Gasteiger partial charge is 0.273 e. The van der Waals surface area contributed by atoms with Crippen molar-refractivity contribution in [3.05, 3.63) is 63.2 Å². The number of nitrogens with zero attached hydrogens (tertiary/aromatic N) is 1. The second-order valence-electron chi connectivity index (χ2n) is 4.39. The van der Waals surface area contributed by atoms with Crippen LogP contribution in [-0.2, 0) is 0 Å². The lowest BCUT2D eigenvalue weighted by atomic mass is 9.89. The third-order valence-electron chi connectivity index (χ3n) is 3.04. The number of hydrogen-bond donors (Lipinski definition) is 0. The van der Waals surface area contributed by atoms with Crippen LogP contribution in [0.2, 0.25) is 0 Å². The van der Waals surface area contributed by atoms with Crippen LogP contribution in [0.5, 0.6) is 0 Å². The Morgan fingerprint density at radius 1 is 1.17 bits per heavy atom. The Morgan fingerprint density at radius 3 is 2.33 bits per heavy atom. The molecular weight excluding hydrogens is 246 g/mol. The molecule has 1 unspecified atom stereocenters. The fraction of sp³-hybridized carbons (Fsp3) is 0.214. The summed E-state index contributed by atoms with van der Waals surface area (Å²) in [4.78, 5) is 11.3. The highest BCUT2D eigenvalue weighted by molar-refractivity contribution is 7.81. The molecule has 1 atom stereocenters. The van der Waals surface area contributed by atoms with Gasteiger partial charge in [-0.2, -0.15) is 0 Å². The first-order chi connectivity index (χ1) is 8.50. The minimum absolute atomic E-state index is 0.315. The van der Waals surface area contributed by atoms with Crippen LogP contribution in [0.25, 0.3) is 5.57 Å². The summed E-state index contributed by atoms with van der Waals surface area (Å²) in [5, 5.41) is 11.2. The first kappa shape index (κ1) is 12.6. The third-order valence-corrected chi connectivity index (χ3v) is 3.59. The van der Waals surface area contributed by atoms with E-state index < -0.39 is 6.04 Å². The van der Waals surface area contributed by atoms with Crippen LogP contribution in [0.15, 0.2) is 42.0 Å². The van der Waals surface area contributed by atoms with E-state index >= 15 is 0 Å². The van der Waals surface area contributed by atoms with Crippen molar-refractivity contribution in [2.24, 2.45) is 0 Å². The van der Waals surface area contributed by atoms with Crippen LogP contribution in [0.1, 0.15) is 18.1 Å². The monoisotopic (exact) mass is 259 g/mol. The van der Waals surface area contributed by atoms with Crippen molar-refractivity contribution in [2.75, 3.05) is 0 Å². The Kier molecular flexibility index (Phi) is 3.39. The van der Waals surface area contributed by atoms with E-state index in [9.17, 15) is 10.1 Å². The van der Waals surface area contributed by atoms with Crippen molar-refractivity contribution in [3.8, 4) is 0 Å². The maximum absolute atomic E-state index is 11.2. The molecule has 18 heavy (non-hydrogen) atoms. The second-order valence-corrected chi connectivity index (χ2v) is 4.83. The Bertz CT molecular complexity index is 570. The average Bonchev–Trinajstić information content (AvgIpc) is 2.33. The molecule has 2 rings (SSSR count). The second kappa shape index (κ2) is 4.82. The highest BCUT2D eigenvalue weighted by atomic mass is 32.1. The molecule has 4 heteroatoms. The molecule has 92 valence electrons. The molecule has 0 saturated heterocycles. The van der Waals surface area contributed by atoms with E-state index in [2.05, 4.69) is 0 Å². The molecule has 0 bridgehead atoms. The lowest BCUT2D eigenvalue weighted by Gasteiger charge is -2.18. The maximum atomic E-state index is 11.2. The van der Waals surface area contributed by atoms with Crippen LogP contribution in [0.4, 0.5) is 0 Å². The molecule has 0 amide bonds. The van der Waals surface area contributed by atoms with Gasteiger partial charge in [0.2, 0.25) is 0 Å². The third kappa shape index (κ3) is 2.24. The normalized spacial score (nSPS) is 19.2. The van der Waals surface area contributed by atoms with Crippen molar-refractivity contribution in [1.29, 1.82) is 0 Å². The summed E-state index contributed by atoms with van der Waals surface area (Å²) in [6.07, 6.45) is 3.64. The summed E-state index contributed by atoms with van der Waals surface area (Å²) in [5.74, 6) is 0. The molecule has 0 spiro atoms. The molecule has 0 saturated carbocycles. The SMILES string of the molecule is CC1=CC=C(c2ccc(C)cc2)C([N+](=O)[O-])C1=S. The Morgan fingerprint density at radius 2 is 1.78 bits per heavy atom. The first-order valence-electron chi connectivity index (χ1n) is 5.64. The van der Waals surface area contributed by atoms with Crippen LogP contribution < -0.4 is 0 Å². The van der Waals surface area contributed by atoms with Crippen LogP contribution in [0, 0.1) is 17.0 Å². The Balaban J connectivity index is 2.50. The van der Waals surface area contributed by atoms with Gasteiger partial charge in [0.15, 0.2) is 0 Å². The van der Waals surface area contributed by atoms with E-state index in [1.165, 1.54) is 0 Å². The number of benzene rings is 1. The van der Waals surface area contributed by atoms with Gasteiger partial charge in [0.1, 0.15) is 0 Å². The maximum Gasteiger partial charge on any atom is 0.273 e. The zero-order chi connectivity index (χ0) is 13.3. The molecule has 1 aliphatic carbocycles. The van der Waals surface area contributed by atoms with E-state index in [0.717, 1.165) is 16.7 Å². The zero-order valence-electron chi connectivity index (χ0n) is 10.2. The summed E-state index contributed by atoms with van der Waals surface area (Å²) >= 11 is 5.18. The molecular formula is C14H13NO2S. The summed E-state index contributed by atoms with van der Waals surface area (Å²) in [5.41, 5.74) is 3.44. The summed E-state index contributed by atoms with van der Waals surface area (Å²) in [6, 6.07) is 6.78. The summed E-state index contributed by atoms with van der Waals surface area (Å²) < 4.78 is 0. The highest BCUT2D eigenvalue weighted by Gasteiger charge is 2.33. The molecule has 0 radical (unpaired) electrons. The molecule has 1 aromatic rings. The van der Waals surface area contributed by atoms with E-state index in [0.29, 0.717) is 10.4 Å². The van der Waals surface area contributed by atoms with E-state index in [1.54, 1.807) is 13.0 Å². The Hall–Kier alpha value is -1.81. The van der Waals surface area contributed by atoms with Crippen molar-refractivity contribution >= 4 is 22.7 Å². The number of nitro groups is 1. The summed E-state index contributed by atoms with van der Waals surface area (Å²) in [6.45, 7) is 3.79. The molecule has 0 heterocycles. The van der Waals surface area contributed by atoms with E-state index in [4.69, 9.17) is 12.2 Å². The summed E-state index contributed by atoms with van der Waals surface area (Å²) in [7, 11) is 0. The van der Waals surface area contributed by atoms with Gasteiger partial charge >= 0.3 is 0 Å². The number of hydrogen-bond acceptors (Lipinski definition) is 3. The Labute approximate surface area is 111 Å². The molecule has 0 fully saturated rings. The predicted molar refractivity (Wildman–Crippen MR) is 76.3 cm³/mol. The van der Waals surface area contributed by atoms with Gasteiger partial charge < -0.3 is 0 Å². The van der Waals surface area contributed by atoms with E-state index in [-0.39, 0.29) is 4.92 Å². The average molecular weight is 259 g/mol. The van der Waals surface area contributed by atoms with Gasteiger partial charge in [-0.3, -0.25) is 10.1 Å². The predicted octanol–water partition coefficient (Wildman–Crippen LogP) is 3.35. The molecule has 0 aromatic heterocycles. The molecule has 1 aliphatic rings. The molecule has 3 nitrogen and oxygen atoms in total. The van der Waals surface area contributed by atoms with Gasteiger partial charge in [-0.15, -0.1) is 0 Å². The van der Waals surface area contributed by atoms with Gasteiger partial charge in [0, 0.05) is 10.5 Å². The highest BCUT2D eigenvalue weighted by Crippen LogP contribution is 2.28. The fourth-order valence-electron chi connectivity index (χ4n) is 1.95. The van der Waals surface area contributed by atoms with Crippen LogP contribution in [0.3, 0.4) is 0 Å². The van der Waals surface area contributed by atoms with Crippen molar-refractivity contribution in [2.45, 2.75) is 19.9 Å². The van der Waals surface area contributed by atoms with Gasteiger partial charge in [-0.05, 0) is 25.0 Å². The zero-order valence-corrected chi connectivity index (χ0v) is 11.0. The van der Waals surface area contributed by atoms with E-state index in [1.807, 2.05) is 37.3 Å². The quantitative estimate of drug-likeness (QED) is 0.464. The van der Waals surface area contributed by atoms with Gasteiger partial charge in [0.25, 0.3) is 6.04 Å². The first-order valence-corrected chi connectivity index (χ1v) is 6.05.